The number of aromatic nitrogens is 1. The topological polar surface area (TPSA) is 39.9 Å². The quantitative estimate of drug-likeness (QED) is 0.715. The van der Waals surface area contributed by atoms with Crippen LogP contribution in [0.15, 0.2) is 35.1 Å². The van der Waals surface area contributed by atoms with E-state index in [1.807, 2.05) is 6.20 Å². The third-order valence-corrected chi connectivity index (χ3v) is 5.73. The third-order valence-electron chi connectivity index (χ3n) is 5.30. The van der Waals surface area contributed by atoms with Gasteiger partial charge in [-0.25, -0.2) is 0 Å². The van der Waals surface area contributed by atoms with E-state index in [1.54, 1.807) is 6.20 Å². The number of piperidine rings is 1. The van der Waals surface area contributed by atoms with Crippen molar-refractivity contribution in [1.29, 1.82) is 5.26 Å². The molecule has 0 aliphatic carbocycles. The van der Waals surface area contributed by atoms with Crippen molar-refractivity contribution in [2.45, 2.75) is 57.0 Å². The van der Waals surface area contributed by atoms with Crippen molar-refractivity contribution in [2.75, 3.05) is 6.54 Å². The van der Waals surface area contributed by atoms with Gasteiger partial charge in [-0.15, -0.1) is 0 Å². The highest BCUT2D eigenvalue weighted by Gasteiger charge is 2.47. The lowest BCUT2D eigenvalue weighted by Gasteiger charge is -2.44. The molecule has 0 radical (unpaired) electrons. The van der Waals surface area contributed by atoms with E-state index in [4.69, 9.17) is 0 Å². The predicted octanol–water partition coefficient (Wildman–Crippen LogP) is 4.44. The Morgan fingerprint density at radius 1 is 1.39 bits per heavy atom. The van der Waals surface area contributed by atoms with E-state index in [0.29, 0.717) is 18.0 Å². The van der Waals surface area contributed by atoms with Crippen LogP contribution >= 0.6 is 15.9 Å². The number of rotatable bonds is 5. The molecule has 1 aromatic rings. The number of hydrogen-bond donors (Lipinski definition) is 0. The SMILES string of the molecule is CCCC(C)CN1C2C=CC1CC(C#N)(c1cncc(Br)c1)C2. The van der Waals surface area contributed by atoms with Gasteiger partial charge < -0.3 is 0 Å². The average Bonchev–Trinajstić information content (AvgIpc) is 2.78. The lowest BCUT2D eigenvalue weighted by molar-refractivity contribution is 0.101. The maximum atomic E-state index is 9.96. The van der Waals surface area contributed by atoms with Gasteiger partial charge >= 0.3 is 0 Å². The van der Waals surface area contributed by atoms with Gasteiger partial charge in [0.25, 0.3) is 0 Å². The van der Waals surface area contributed by atoms with Crippen molar-refractivity contribution in [2.24, 2.45) is 5.92 Å². The van der Waals surface area contributed by atoms with E-state index < -0.39 is 5.41 Å². The molecule has 0 aromatic carbocycles. The summed E-state index contributed by atoms with van der Waals surface area (Å²) in [6, 6.07) is 5.46. The van der Waals surface area contributed by atoms with Gasteiger partial charge in [0.1, 0.15) is 0 Å². The highest BCUT2D eigenvalue weighted by Crippen LogP contribution is 2.44. The molecule has 1 saturated heterocycles. The lowest BCUT2D eigenvalue weighted by atomic mass is 9.71. The second-order valence-corrected chi connectivity index (χ2v) is 8.02. The molecule has 3 heterocycles. The van der Waals surface area contributed by atoms with Crippen molar-refractivity contribution in [3.05, 3.63) is 40.6 Å². The maximum Gasteiger partial charge on any atom is 0.0873 e. The Labute approximate surface area is 147 Å². The van der Waals surface area contributed by atoms with Crippen LogP contribution in [-0.4, -0.2) is 28.5 Å². The monoisotopic (exact) mass is 373 g/mol. The first kappa shape index (κ1) is 16.7. The second kappa shape index (κ2) is 6.75. The van der Waals surface area contributed by atoms with Gasteiger partial charge in [0.2, 0.25) is 0 Å². The molecule has 0 saturated carbocycles. The van der Waals surface area contributed by atoms with E-state index in [1.165, 1.54) is 12.8 Å². The molecule has 2 aliphatic rings. The number of nitriles is 1. The zero-order valence-electron chi connectivity index (χ0n) is 13.9. The molecule has 23 heavy (non-hydrogen) atoms. The number of halogens is 1. The summed E-state index contributed by atoms with van der Waals surface area (Å²) < 4.78 is 0.948. The highest BCUT2D eigenvalue weighted by atomic mass is 79.9. The number of fused-ring (bicyclic) bond motifs is 2. The van der Waals surface area contributed by atoms with Gasteiger partial charge in [-0.3, -0.25) is 9.88 Å². The largest absolute Gasteiger partial charge is 0.290 e. The maximum absolute atomic E-state index is 9.96. The summed E-state index contributed by atoms with van der Waals surface area (Å²) in [5, 5.41) is 9.96. The second-order valence-electron chi connectivity index (χ2n) is 7.10. The van der Waals surface area contributed by atoms with Crippen LogP contribution in [0.5, 0.6) is 0 Å². The Bertz CT molecular complexity index is 618. The predicted molar refractivity (Wildman–Crippen MR) is 96.0 cm³/mol. The summed E-state index contributed by atoms with van der Waals surface area (Å²) in [7, 11) is 0. The van der Waals surface area contributed by atoms with Crippen LogP contribution in [0.1, 0.15) is 45.1 Å². The molecule has 0 spiro atoms. The summed E-state index contributed by atoms with van der Waals surface area (Å²) >= 11 is 3.49. The van der Waals surface area contributed by atoms with Crippen molar-refractivity contribution in [1.82, 2.24) is 9.88 Å². The minimum Gasteiger partial charge on any atom is -0.290 e. The molecule has 122 valence electrons. The summed E-state index contributed by atoms with van der Waals surface area (Å²) in [4.78, 5) is 6.88. The van der Waals surface area contributed by atoms with E-state index in [2.05, 4.69) is 63.9 Å². The number of hydrogen-bond acceptors (Lipinski definition) is 3. The molecule has 1 aromatic heterocycles. The Morgan fingerprint density at radius 2 is 2.09 bits per heavy atom. The number of nitrogens with zero attached hydrogens (tertiary/aromatic N) is 3. The van der Waals surface area contributed by atoms with Crippen LogP contribution in [0.25, 0.3) is 0 Å². The van der Waals surface area contributed by atoms with Crippen molar-refractivity contribution >= 4 is 15.9 Å². The van der Waals surface area contributed by atoms with Crippen LogP contribution in [0.2, 0.25) is 0 Å². The Hall–Kier alpha value is -1.18. The smallest absolute Gasteiger partial charge is 0.0873 e. The van der Waals surface area contributed by atoms with Crippen LogP contribution < -0.4 is 0 Å². The summed E-state index contributed by atoms with van der Waals surface area (Å²) in [5.41, 5.74) is 0.634. The fourth-order valence-corrected chi connectivity index (χ4v) is 4.54. The highest BCUT2D eigenvalue weighted by molar-refractivity contribution is 9.10. The van der Waals surface area contributed by atoms with Crippen molar-refractivity contribution < 1.29 is 0 Å². The van der Waals surface area contributed by atoms with E-state index >= 15 is 0 Å². The molecule has 0 N–H and O–H groups in total. The fraction of sp³-hybridized carbons (Fsp3) is 0.579. The molecular weight excluding hydrogens is 350 g/mol. The molecule has 0 amide bonds. The fourth-order valence-electron chi connectivity index (χ4n) is 4.17. The summed E-state index contributed by atoms with van der Waals surface area (Å²) in [6.45, 7) is 5.72. The Kier molecular flexibility index (Phi) is 4.89. The molecule has 3 unspecified atom stereocenters. The first-order valence-electron chi connectivity index (χ1n) is 8.54. The standard InChI is InChI=1S/C19H24BrN3/c1-3-4-14(2)12-23-17-5-6-18(23)9-19(8-17,13-21)15-7-16(20)11-22-10-15/h5-7,10-11,14,17-18H,3-4,8-9,12H2,1-2H3. The first-order chi connectivity index (χ1) is 11.1. The molecule has 4 heteroatoms. The van der Waals surface area contributed by atoms with Crippen LogP contribution in [0.3, 0.4) is 0 Å². The van der Waals surface area contributed by atoms with Gasteiger partial charge in [0.15, 0.2) is 0 Å². The molecular formula is C19H24BrN3. The van der Waals surface area contributed by atoms with E-state index in [-0.39, 0.29) is 0 Å². The van der Waals surface area contributed by atoms with Gasteiger partial charge in [0, 0.05) is 35.5 Å². The van der Waals surface area contributed by atoms with E-state index in [9.17, 15) is 5.26 Å². The lowest BCUT2D eigenvalue weighted by Crippen LogP contribution is -2.51. The van der Waals surface area contributed by atoms with Crippen LogP contribution in [0, 0.1) is 17.2 Å². The zero-order valence-corrected chi connectivity index (χ0v) is 15.5. The zero-order chi connectivity index (χ0) is 16.4. The van der Waals surface area contributed by atoms with Gasteiger partial charge in [-0.05, 0) is 52.7 Å². The summed E-state index contributed by atoms with van der Waals surface area (Å²) in [5.74, 6) is 0.715. The molecule has 3 atom stereocenters. The minimum atomic E-state index is -0.417. The van der Waals surface area contributed by atoms with Crippen LogP contribution in [-0.2, 0) is 5.41 Å². The van der Waals surface area contributed by atoms with Crippen molar-refractivity contribution in [3.8, 4) is 6.07 Å². The van der Waals surface area contributed by atoms with Gasteiger partial charge in [-0.1, -0.05) is 32.4 Å². The van der Waals surface area contributed by atoms with Gasteiger partial charge in [-0.2, -0.15) is 5.26 Å². The Balaban J connectivity index is 1.81. The summed E-state index contributed by atoms with van der Waals surface area (Å²) in [6.07, 6.45) is 12.5. The number of pyridine rings is 1. The Morgan fingerprint density at radius 3 is 2.65 bits per heavy atom. The molecule has 2 aliphatic heterocycles. The van der Waals surface area contributed by atoms with Gasteiger partial charge in [0.05, 0.1) is 11.5 Å². The van der Waals surface area contributed by atoms with Crippen molar-refractivity contribution in [3.63, 3.8) is 0 Å². The van der Waals surface area contributed by atoms with Crippen LogP contribution in [0.4, 0.5) is 0 Å². The third kappa shape index (κ3) is 3.22. The average molecular weight is 374 g/mol. The molecule has 1 fully saturated rings. The minimum absolute atomic E-state index is 0.381. The first-order valence-corrected chi connectivity index (χ1v) is 9.33. The molecule has 3 nitrogen and oxygen atoms in total. The molecule has 3 rings (SSSR count). The van der Waals surface area contributed by atoms with E-state index in [0.717, 1.165) is 29.4 Å². The normalized spacial score (nSPS) is 31.0. The molecule has 2 bridgehead atoms.